The highest BCUT2D eigenvalue weighted by Crippen LogP contribution is 2.39. The molecule has 2 aliphatic rings. The van der Waals surface area contributed by atoms with Crippen molar-refractivity contribution < 1.29 is 18.0 Å². The molecule has 25 heavy (non-hydrogen) atoms. The van der Waals surface area contributed by atoms with Crippen LogP contribution in [-0.4, -0.2) is 11.6 Å². The van der Waals surface area contributed by atoms with E-state index in [4.69, 9.17) is 0 Å². The Bertz CT molecular complexity index is 718. The van der Waals surface area contributed by atoms with Gasteiger partial charge in [-0.3, -0.25) is 10.1 Å². The van der Waals surface area contributed by atoms with Crippen LogP contribution < -0.4 is 10.6 Å². The van der Waals surface area contributed by atoms with Crippen LogP contribution in [0.15, 0.2) is 35.9 Å². The summed E-state index contributed by atoms with van der Waals surface area (Å²) in [5.41, 5.74) is 0.473. The van der Waals surface area contributed by atoms with Gasteiger partial charge in [0.05, 0.1) is 11.2 Å². The molecule has 1 aliphatic carbocycles. The van der Waals surface area contributed by atoms with Crippen LogP contribution in [0.3, 0.4) is 0 Å². The van der Waals surface area contributed by atoms with Crippen molar-refractivity contribution in [1.82, 2.24) is 10.6 Å². The first kappa shape index (κ1) is 18.0. The monoisotopic (exact) mass is 352 g/mol. The number of carbonyl (C=O) groups excluding carboxylic acids is 1. The quantitative estimate of drug-likeness (QED) is 0.739. The number of allylic oxidation sites excluding steroid dienone is 1. The van der Waals surface area contributed by atoms with Crippen LogP contribution in [0.4, 0.5) is 13.2 Å². The summed E-state index contributed by atoms with van der Waals surface area (Å²) in [6.07, 6.45) is -0.0482. The first-order valence-electron chi connectivity index (χ1n) is 8.47. The van der Waals surface area contributed by atoms with Gasteiger partial charge in [-0.25, -0.2) is 0 Å². The van der Waals surface area contributed by atoms with Crippen molar-refractivity contribution in [3.8, 4) is 0 Å². The number of hydrogen-bond donors (Lipinski definition) is 2. The number of rotatable bonds is 1. The maximum Gasteiger partial charge on any atom is 0.416 e. The fourth-order valence-electron chi connectivity index (χ4n) is 3.59. The van der Waals surface area contributed by atoms with Crippen molar-refractivity contribution in [1.29, 1.82) is 0 Å². The Morgan fingerprint density at radius 1 is 1.20 bits per heavy atom. The predicted octanol–water partition coefficient (Wildman–Crippen LogP) is 4.32. The van der Waals surface area contributed by atoms with Gasteiger partial charge in [0.1, 0.15) is 6.04 Å². The molecule has 2 N–H and O–H groups in total. The molecule has 1 heterocycles. The molecular weight excluding hydrogens is 329 g/mol. The molecule has 0 aromatic heterocycles. The molecule has 3 rings (SSSR count). The lowest BCUT2D eigenvalue weighted by molar-refractivity contribution is -0.137. The maximum atomic E-state index is 12.9. The average molecular weight is 352 g/mol. The van der Waals surface area contributed by atoms with Gasteiger partial charge in [0.2, 0.25) is 5.91 Å². The molecule has 1 saturated heterocycles. The molecule has 0 radical (unpaired) electrons. The third-order valence-corrected chi connectivity index (χ3v) is 5.07. The van der Waals surface area contributed by atoms with Gasteiger partial charge < -0.3 is 5.32 Å². The Balaban J connectivity index is 1.82. The zero-order chi connectivity index (χ0) is 18.5. The minimum Gasteiger partial charge on any atom is -0.336 e. The fraction of sp³-hybridized carbons (Fsp3) is 0.526. The number of benzene rings is 1. The minimum atomic E-state index is -4.42. The van der Waals surface area contributed by atoms with Crippen molar-refractivity contribution in [2.75, 3.05) is 0 Å². The number of amides is 1. The van der Waals surface area contributed by atoms with Crippen LogP contribution in [0.25, 0.3) is 0 Å². The number of hydrogen-bond acceptors (Lipinski definition) is 2. The maximum absolute atomic E-state index is 12.9. The summed E-state index contributed by atoms with van der Waals surface area (Å²) >= 11 is 0. The first-order valence-corrected chi connectivity index (χ1v) is 8.47. The molecule has 1 aliphatic heterocycles. The summed E-state index contributed by atoms with van der Waals surface area (Å²) < 4.78 is 38.8. The van der Waals surface area contributed by atoms with Gasteiger partial charge in [-0.1, -0.05) is 44.6 Å². The highest BCUT2D eigenvalue weighted by atomic mass is 19.4. The van der Waals surface area contributed by atoms with Gasteiger partial charge in [-0.15, -0.1) is 0 Å². The molecule has 136 valence electrons. The second-order valence-electron chi connectivity index (χ2n) is 7.96. The summed E-state index contributed by atoms with van der Waals surface area (Å²) in [7, 11) is 0. The van der Waals surface area contributed by atoms with E-state index in [0.29, 0.717) is 12.0 Å². The molecule has 0 bridgehead atoms. The van der Waals surface area contributed by atoms with Crippen molar-refractivity contribution in [3.63, 3.8) is 0 Å². The molecule has 6 heteroatoms. The molecule has 2 unspecified atom stereocenters. The Hall–Kier alpha value is -1.82. The third-order valence-electron chi connectivity index (χ3n) is 5.07. The topological polar surface area (TPSA) is 41.1 Å². The minimum absolute atomic E-state index is 0.0880. The third kappa shape index (κ3) is 3.59. The Morgan fingerprint density at radius 2 is 1.92 bits per heavy atom. The van der Waals surface area contributed by atoms with Gasteiger partial charge in [-0.2, -0.15) is 13.2 Å². The summed E-state index contributed by atoms with van der Waals surface area (Å²) in [6.45, 7) is 6.47. The summed E-state index contributed by atoms with van der Waals surface area (Å²) in [5, 5.41) is 6.22. The van der Waals surface area contributed by atoms with Crippen LogP contribution in [0.5, 0.6) is 0 Å². The summed E-state index contributed by atoms with van der Waals surface area (Å²) in [4.78, 5) is 12.4. The Morgan fingerprint density at radius 3 is 2.48 bits per heavy atom. The van der Waals surface area contributed by atoms with Crippen molar-refractivity contribution in [2.45, 2.75) is 57.9 Å². The van der Waals surface area contributed by atoms with Gasteiger partial charge >= 0.3 is 6.18 Å². The standard InChI is InChI=1S/C19H23F3N2O/c1-17(2,3)13-7-9-18(10-8-13)23-15(16(25)24-18)12-5-4-6-14(11-12)19(20,21)22/h4-7,11,15,23H,8-10H2,1-3H3,(H,24,25). The molecule has 1 aromatic carbocycles. The SMILES string of the molecule is CC(C)(C)C1=CCC2(CC1)NC(=O)C(c1cccc(C(F)(F)F)c1)N2. The van der Waals surface area contributed by atoms with Crippen molar-refractivity contribution in [3.05, 3.63) is 47.0 Å². The van der Waals surface area contributed by atoms with Crippen molar-refractivity contribution in [2.24, 2.45) is 5.41 Å². The van der Waals surface area contributed by atoms with E-state index in [0.717, 1.165) is 25.0 Å². The summed E-state index contributed by atoms with van der Waals surface area (Å²) in [5.74, 6) is -0.271. The van der Waals surface area contributed by atoms with Crippen molar-refractivity contribution >= 4 is 5.91 Å². The van der Waals surface area contributed by atoms with E-state index in [1.54, 1.807) is 6.07 Å². The van der Waals surface area contributed by atoms with E-state index in [1.165, 1.54) is 11.6 Å². The van der Waals surface area contributed by atoms with E-state index in [2.05, 4.69) is 37.5 Å². The Labute approximate surface area is 145 Å². The highest BCUT2D eigenvalue weighted by molar-refractivity contribution is 5.86. The lowest BCUT2D eigenvalue weighted by atomic mass is 9.77. The molecule has 3 nitrogen and oxygen atoms in total. The average Bonchev–Trinajstić information content (AvgIpc) is 2.82. The zero-order valence-electron chi connectivity index (χ0n) is 14.6. The van der Waals surface area contributed by atoms with Gasteiger partial charge in [0.15, 0.2) is 0 Å². The largest absolute Gasteiger partial charge is 0.416 e. The molecule has 1 spiro atoms. The molecule has 1 aromatic rings. The van der Waals surface area contributed by atoms with E-state index in [9.17, 15) is 18.0 Å². The fourth-order valence-corrected chi connectivity index (χ4v) is 3.59. The molecule has 0 saturated carbocycles. The van der Waals surface area contributed by atoms with Gasteiger partial charge in [-0.05, 0) is 36.0 Å². The van der Waals surface area contributed by atoms with E-state index in [-0.39, 0.29) is 11.3 Å². The number of nitrogens with one attached hydrogen (secondary N) is 2. The number of alkyl halides is 3. The number of carbonyl (C=O) groups is 1. The highest BCUT2D eigenvalue weighted by Gasteiger charge is 2.45. The zero-order valence-corrected chi connectivity index (χ0v) is 14.6. The second kappa shape index (κ2) is 5.87. The smallest absolute Gasteiger partial charge is 0.336 e. The van der Waals surface area contributed by atoms with Crippen LogP contribution in [0, 0.1) is 5.41 Å². The normalized spacial score (nSPS) is 27.4. The predicted molar refractivity (Wildman–Crippen MR) is 89.6 cm³/mol. The summed E-state index contributed by atoms with van der Waals surface area (Å²) in [6, 6.07) is 4.22. The molecule has 1 fully saturated rings. The van der Waals surface area contributed by atoms with Gasteiger partial charge in [0, 0.05) is 6.42 Å². The lowest BCUT2D eigenvalue weighted by Gasteiger charge is -2.36. The first-order chi connectivity index (χ1) is 11.5. The van der Waals surface area contributed by atoms with Gasteiger partial charge in [0.25, 0.3) is 0 Å². The number of halogens is 3. The van der Waals surface area contributed by atoms with Crippen LogP contribution in [0.2, 0.25) is 0 Å². The molecule has 1 amide bonds. The second-order valence-corrected chi connectivity index (χ2v) is 7.96. The lowest BCUT2D eigenvalue weighted by Crippen LogP contribution is -2.51. The molecular formula is C19H23F3N2O. The van der Waals surface area contributed by atoms with E-state index in [1.807, 2.05) is 0 Å². The van der Waals surface area contributed by atoms with Crippen LogP contribution in [-0.2, 0) is 11.0 Å². The Kier molecular flexibility index (Phi) is 4.22. The molecule has 2 atom stereocenters. The van der Waals surface area contributed by atoms with Crippen LogP contribution >= 0.6 is 0 Å². The van der Waals surface area contributed by atoms with E-state index < -0.39 is 23.4 Å². The van der Waals surface area contributed by atoms with Crippen LogP contribution in [0.1, 0.15) is 57.2 Å². The van der Waals surface area contributed by atoms with E-state index >= 15 is 0 Å².